The van der Waals surface area contributed by atoms with E-state index >= 15 is 4.39 Å². The van der Waals surface area contributed by atoms with Gasteiger partial charge in [0.15, 0.2) is 11.6 Å². The summed E-state index contributed by atoms with van der Waals surface area (Å²) in [5, 5.41) is 20.9. The lowest BCUT2D eigenvalue weighted by Crippen LogP contribution is -2.25. The molecule has 6 rings (SSSR count). The summed E-state index contributed by atoms with van der Waals surface area (Å²) in [4.78, 5) is 25.4. The first-order valence-corrected chi connectivity index (χ1v) is 12.5. The minimum absolute atomic E-state index is 0.0705. The molecule has 0 radical (unpaired) electrons. The van der Waals surface area contributed by atoms with Gasteiger partial charge in [0, 0.05) is 24.2 Å². The predicted octanol–water partition coefficient (Wildman–Crippen LogP) is 5.33. The van der Waals surface area contributed by atoms with Gasteiger partial charge in [-0.25, -0.2) is 9.37 Å². The molecule has 1 unspecified atom stereocenters. The Balaban J connectivity index is 1.40. The van der Waals surface area contributed by atoms with E-state index < -0.39 is 12.0 Å². The molecule has 0 bridgehead atoms. The highest BCUT2D eigenvalue weighted by Crippen LogP contribution is 2.34. The van der Waals surface area contributed by atoms with Crippen molar-refractivity contribution in [2.75, 3.05) is 5.32 Å². The van der Waals surface area contributed by atoms with Gasteiger partial charge in [0.25, 0.3) is 0 Å². The van der Waals surface area contributed by atoms with Crippen molar-refractivity contribution in [3.05, 3.63) is 67.1 Å². The molecule has 11 heteroatoms. The zero-order valence-electron chi connectivity index (χ0n) is 21.6. The van der Waals surface area contributed by atoms with E-state index in [4.69, 9.17) is 4.98 Å². The Morgan fingerprint density at radius 3 is 2.64 bits per heavy atom. The van der Waals surface area contributed by atoms with Crippen LogP contribution in [0.5, 0.6) is 0 Å². The van der Waals surface area contributed by atoms with E-state index in [0.29, 0.717) is 51.6 Å². The van der Waals surface area contributed by atoms with Crippen LogP contribution in [-0.4, -0.2) is 51.4 Å². The fraction of sp³-hybridized carbons (Fsp3) is 0.214. The van der Waals surface area contributed by atoms with Crippen molar-refractivity contribution >= 4 is 27.6 Å². The normalized spacial score (nSPS) is 12.7. The first-order chi connectivity index (χ1) is 18.8. The number of nitrogens with one attached hydrogen (secondary N) is 3. The standard InChI is InChI=1S/C28H26FN9O/c1-28(2,3)11-20(39)34-16-10-15(12-30-13-16)23-22(29)21-19(14-33-23)37-38-26(21)27-35-18-7-9-32-24(25(18)36-27)17-6-4-5-8-31-17/h4-10,12-14,20,34,39H,11H2,1-3H3,(H,35,36)(H,37,38). The van der Waals surface area contributed by atoms with Crippen molar-refractivity contribution in [2.24, 2.45) is 5.41 Å². The van der Waals surface area contributed by atoms with Gasteiger partial charge in [0.05, 0.1) is 40.2 Å². The van der Waals surface area contributed by atoms with Crippen LogP contribution in [0, 0.1) is 11.2 Å². The second kappa shape index (κ2) is 9.52. The molecule has 0 aliphatic carbocycles. The summed E-state index contributed by atoms with van der Waals surface area (Å²) in [5.41, 5.74) is 4.43. The molecule has 10 nitrogen and oxygen atoms in total. The largest absolute Gasteiger partial charge is 0.374 e. The minimum atomic E-state index is -0.777. The molecule has 0 aromatic carbocycles. The molecule has 196 valence electrons. The highest BCUT2D eigenvalue weighted by atomic mass is 19.1. The fourth-order valence-electron chi connectivity index (χ4n) is 4.56. The maximum atomic E-state index is 16.1. The van der Waals surface area contributed by atoms with Crippen molar-refractivity contribution in [3.8, 4) is 34.2 Å². The van der Waals surface area contributed by atoms with Crippen LogP contribution in [0.25, 0.3) is 56.1 Å². The molecule has 0 amide bonds. The molecule has 0 spiro atoms. The molecular weight excluding hydrogens is 497 g/mol. The number of hydrogen-bond acceptors (Lipinski definition) is 8. The lowest BCUT2D eigenvalue weighted by Gasteiger charge is -2.23. The van der Waals surface area contributed by atoms with Gasteiger partial charge in [-0.1, -0.05) is 26.8 Å². The van der Waals surface area contributed by atoms with Crippen LogP contribution < -0.4 is 5.32 Å². The van der Waals surface area contributed by atoms with Gasteiger partial charge < -0.3 is 15.4 Å². The third-order valence-corrected chi connectivity index (χ3v) is 6.23. The molecule has 0 saturated carbocycles. The molecule has 0 aliphatic heterocycles. The maximum Gasteiger partial charge on any atom is 0.161 e. The van der Waals surface area contributed by atoms with E-state index in [0.717, 1.165) is 5.52 Å². The Kier molecular flexibility index (Phi) is 5.99. The minimum Gasteiger partial charge on any atom is -0.374 e. The number of hydrogen-bond donors (Lipinski definition) is 4. The zero-order valence-corrected chi connectivity index (χ0v) is 21.6. The highest BCUT2D eigenvalue weighted by molar-refractivity contribution is 5.97. The Bertz CT molecular complexity index is 1790. The number of halogens is 1. The summed E-state index contributed by atoms with van der Waals surface area (Å²) in [6.07, 6.45) is 7.76. The zero-order chi connectivity index (χ0) is 27.1. The van der Waals surface area contributed by atoms with E-state index in [2.05, 4.69) is 40.4 Å². The van der Waals surface area contributed by atoms with Crippen molar-refractivity contribution in [2.45, 2.75) is 33.4 Å². The number of rotatable bonds is 6. The Morgan fingerprint density at radius 2 is 1.85 bits per heavy atom. The quantitative estimate of drug-likeness (QED) is 0.215. The van der Waals surface area contributed by atoms with Crippen molar-refractivity contribution in [3.63, 3.8) is 0 Å². The lowest BCUT2D eigenvalue weighted by atomic mass is 9.91. The van der Waals surface area contributed by atoms with Gasteiger partial charge in [0.1, 0.15) is 28.8 Å². The van der Waals surface area contributed by atoms with Crippen molar-refractivity contribution in [1.29, 1.82) is 0 Å². The molecule has 39 heavy (non-hydrogen) atoms. The van der Waals surface area contributed by atoms with E-state index in [-0.39, 0.29) is 16.5 Å². The smallest absolute Gasteiger partial charge is 0.161 e. The molecule has 0 fully saturated rings. The molecule has 4 N–H and O–H groups in total. The molecule has 6 aromatic heterocycles. The third-order valence-electron chi connectivity index (χ3n) is 6.23. The maximum absolute atomic E-state index is 16.1. The van der Waals surface area contributed by atoms with E-state index in [1.54, 1.807) is 30.7 Å². The van der Waals surface area contributed by atoms with Gasteiger partial charge in [-0.05, 0) is 36.1 Å². The highest BCUT2D eigenvalue weighted by Gasteiger charge is 2.22. The Hall–Kier alpha value is -4.77. The van der Waals surface area contributed by atoms with Gasteiger partial charge >= 0.3 is 0 Å². The summed E-state index contributed by atoms with van der Waals surface area (Å²) >= 11 is 0. The summed E-state index contributed by atoms with van der Waals surface area (Å²) in [6.45, 7) is 6.13. The average molecular weight is 524 g/mol. The monoisotopic (exact) mass is 523 g/mol. The number of aromatic nitrogens is 8. The van der Waals surface area contributed by atoms with Crippen LogP contribution in [0.15, 0.2) is 61.3 Å². The van der Waals surface area contributed by atoms with Crippen molar-refractivity contribution in [1.82, 2.24) is 40.1 Å². The number of fused-ring (bicyclic) bond motifs is 2. The first-order valence-electron chi connectivity index (χ1n) is 12.5. The Labute approximate surface area is 222 Å². The summed E-state index contributed by atoms with van der Waals surface area (Å²) in [5.74, 6) is -0.176. The molecule has 6 heterocycles. The number of nitrogens with zero attached hydrogens (tertiary/aromatic N) is 6. The van der Waals surface area contributed by atoms with Crippen LogP contribution in [0.2, 0.25) is 0 Å². The SMILES string of the molecule is CC(C)(C)CC(O)Nc1cncc(-c2ncc3[nH]nc(-c4nc5c(-c6ccccn6)nccc5[nH]4)c3c2F)c1. The van der Waals surface area contributed by atoms with Gasteiger partial charge in [-0.15, -0.1) is 0 Å². The molecule has 0 aliphatic rings. The second-order valence-electron chi connectivity index (χ2n) is 10.5. The molecule has 1 atom stereocenters. The third kappa shape index (κ3) is 4.79. The Morgan fingerprint density at radius 1 is 0.974 bits per heavy atom. The van der Waals surface area contributed by atoms with E-state index in [9.17, 15) is 5.11 Å². The molecule has 6 aromatic rings. The van der Waals surface area contributed by atoms with E-state index in [1.165, 1.54) is 12.4 Å². The first kappa shape index (κ1) is 24.6. The second-order valence-corrected chi connectivity index (χ2v) is 10.5. The number of aromatic amines is 2. The number of pyridine rings is 4. The topological polar surface area (TPSA) is 141 Å². The number of H-pyrrole nitrogens is 2. The summed E-state index contributed by atoms with van der Waals surface area (Å²) in [6, 6.07) is 9.08. The van der Waals surface area contributed by atoms with Gasteiger partial charge in [-0.2, -0.15) is 5.10 Å². The van der Waals surface area contributed by atoms with Crippen molar-refractivity contribution < 1.29 is 9.50 Å². The predicted molar refractivity (Wildman–Crippen MR) is 147 cm³/mol. The van der Waals surface area contributed by atoms with Gasteiger partial charge in [0.2, 0.25) is 0 Å². The number of aliphatic hydroxyl groups is 1. The summed E-state index contributed by atoms with van der Waals surface area (Å²) in [7, 11) is 0. The fourth-order valence-corrected chi connectivity index (χ4v) is 4.56. The number of anilines is 1. The average Bonchev–Trinajstić information content (AvgIpc) is 3.53. The number of imidazole rings is 1. The number of aliphatic hydroxyl groups excluding tert-OH is 1. The van der Waals surface area contributed by atoms with Crippen LogP contribution >= 0.6 is 0 Å². The lowest BCUT2D eigenvalue weighted by molar-refractivity contribution is 0.145. The van der Waals surface area contributed by atoms with Crippen LogP contribution in [0.4, 0.5) is 10.1 Å². The molecule has 0 saturated heterocycles. The molecular formula is C28H26FN9O. The van der Waals surface area contributed by atoms with E-state index in [1.807, 2.05) is 39.0 Å². The summed E-state index contributed by atoms with van der Waals surface area (Å²) < 4.78 is 16.1. The van der Waals surface area contributed by atoms with Crippen LogP contribution in [-0.2, 0) is 0 Å². The van der Waals surface area contributed by atoms with Gasteiger partial charge in [-0.3, -0.25) is 25.0 Å². The van der Waals surface area contributed by atoms with Crippen LogP contribution in [0.3, 0.4) is 0 Å². The van der Waals surface area contributed by atoms with Crippen LogP contribution in [0.1, 0.15) is 27.2 Å².